The Morgan fingerprint density at radius 1 is 1.18 bits per heavy atom. The van der Waals surface area contributed by atoms with Gasteiger partial charge in [0.15, 0.2) is 5.82 Å². The van der Waals surface area contributed by atoms with E-state index in [2.05, 4.69) is 5.32 Å². The molecule has 5 aliphatic carbocycles. The summed E-state index contributed by atoms with van der Waals surface area (Å²) >= 11 is 3.05. The number of anilines is 1. The molecule has 3 unspecified atom stereocenters. The molecule has 5 aliphatic rings. The minimum absolute atomic E-state index is 0.134. The van der Waals surface area contributed by atoms with Gasteiger partial charge >= 0.3 is 0 Å². The molecule has 33 heavy (non-hydrogen) atoms. The molecule has 0 spiro atoms. The van der Waals surface area contributed by atoms with Crippen LogP contribution in [-0.4, -0.2) is 32.2 Å². The van der Waals surface area contributed by atoms with Crippen LogP contribution in [0.1, 0.15) is 57.8 Å². The highest BCUT2D eigenvalue weighted by atomic mass is 35.5. The topological polar surface area (TPSA) is 116 Å². The average Bonchev–Trinajstić information content (AvgIpc) is 3.24. The Bertz CT molecular complexity index is 1000. The van der Waals surface area contributed by atoms with Gasteiger partial charge in [0.05, 0.1) is 10.7 Å². The molecule has 7 nitrogen and oxygen atoms in total. The van der Waals surface area contributed by atoms with Gasteiger partial charge in [-0.3, -0.25) is 18.1 Å². The van der Waals surface area contributed by atoms with Crippen LogP contribution < -0.4 is 15.4 Å². The van der Waals surface area contributed by atoms with Crippen LogP contribution in [0, 0.1) is 29.0 Å². The summed E-state index contributed by atoms with van der Waals surface area (Å²) in [5.74, 6) is -0.784. The van der Waals surface area contributed by atoms with Gasteiger partial charge in [-0.25, -0.2) is 4.39 Å². The first-order chi connectivity index (χ1) is 15.7. The average molecular weight is 497 g/mol. The van der Waals surface area contributed by atoms with E-state index in [9.17, 15) is 22.7 Å². The normalized spacial score (nSPS) is 34.8. The molecule has 6 rings (SSSR count). The monoisotopic (exact) mass is 496 g/mol. The van der Waals surface area contributed by atoms with Crippen LogP contribution in [-0.2, 0) is 20.9 Å². The summed E-state index contributed by atoms with van der Waals surface area (Å²) in [7, 11) is 0. The number of halogens is 2. The lowest BCUT2D eigenvalue weighted by Gasteiger charge is -2.59. The summed E-state index contributed by atoms with van der Waals surface area (Å²) < 4.78 is 40.6. The van der Waals surface area contributed by atoms with Crippen molar-refractivity contribution < 1.29 is 22.7 Å². The van der Waals surface area contributed by atoms with Gasteiger partial charge in [0.25, 0.3) is 0 Å². The maximum Gasteiger partial charge on any atom is 0.247 e. The van der Waals surface area contributed by atoms with Crippen LogP contribution in [0.15, 0.2) is 18.2 Å². The van der Waals surface area contributed by atoms with Crippen LogP contribution in [0.3, 0.4) is 0 Å². The second kappa shape index (κ2) is 8.20. The summed E-state index contributed by atoms with van der Waals surface area (Å²) in [6.07, 6.45) is 5.94. The van der Waals surface area contributed by atoms with Crippen molar-refractivity contribution in [3.8, 4) is 0 Å². The van der Waals surface area contributed by atoms with E-state index in [0.717, 1.165) is 23.6 Å². The molecule has 180 valence electrons. The standard InChI is InChI=1S/C23H29ClFN3O4S/c24-16-4-3-5-17(18(16)25)28(33(31)32)23(6-1-2-7-23)21(30)27-19-14-8-13-9-15(19)12-22(10-13,11-14)20(26)29/h3-5,13-15,19H,1-2,6-12H2,(H2,26,29)(H,27,30)(H,31,32)/p-1. The SMILES string of the molecule is NC(=O)C12CC3CC(C1)C(NC(=O)C1(N(c4cccc(Cl)c4F)S(=O)[O-])CCCC1)C(C3)C2. The largest absolute Gasteiger partial charge is 0.755 e. The molecule has 0 aromatic heterocycles. The molecule has 0 heterocycles. The number of benzene rings is 1. The lowest BCUT2D eigenvalue weighted by Crippen LogP contribution is -2.66. The van der Waals surface area contributed by atoms with Gasteiger partial charge in [0.2, 0.25) is 11.8 Å². The fourth-order valence-electron chi connectivity index (χ4n) is 7.43. The predicted octanol–water partition coefficient (Wildman–Crippen LogP) is 3.19. The Kier molecular flexibility index (Phi) is 5.73. The molecule has 0 saturated heterocycles. The zero-order valence-electron chi connectivity index (χ0n) is 18.2. The molecule has 3 N–H and O–H groups in total. The lowest BCUT2D eigenvalue weighted by atomic mass is 9.47. The van der Waals surface area contributed by atoms with Crippen molar-refractivity contribution in [1.29, 1.82) is 0 Å². The highest BCUT2D eigenvalue weighted by molar-refractivity contribution is 7.80. The summed E-state index contributed by atoms with van der Waals surface area (Å²) in [6, 6.07) is 4.02. The second-order valence-electron chi connectivity index (χ2n) is 10.4. The van der Waals surface area contributed by atoms with Gasteiger partial charge in [0.1, 0.15) is 5.54 Å². The van der Waals surface area contributed by atoms with E-state index in [0.29, 0.717) is 44.4 Å². The summed E-state index contributed by atoms with van der Waals surface area (Å²) in [5.41, 5.74) is 3.67. The molecule has 2 amide bonds. The summed E-state index contributed by atoms with van der Waals surface area (Å²) in [6.45, 7) is 0. The Labute approximate surface area is 200 Å². The van der Waals surface area contributed by atoms with Crippen molar-refractivity contribution in [3.05, 3.63) is 29.0 Å². The predicted molar refractivity (Wildman–Crippen MR) is 121 cm³/mol. The fraction of sp³-hybridized carbons (Fsp3) is 0.652. The number of nitrogens with zero attached hydrogens (tertiary/aromatic N) is 1. The first-order valence-corrected chi connectivity index (χ1v) is 13.0. The Morgan fingerprint density at radius 2 is 1.82 bits per heavy atom. The number of nitrogens with two attached hydrogens (primary N) is 1. The number of carbonyl (C=O) groups is 2. The maximum atomic E-state index is 14.9. The lowest BCUT2D eigenvalue weighted by molar-refractivity contribution is -0.148. The number of nitrogens with one attached hydrogen (secondary N) is 1. The van der Waals surface area contributed by atoms with Gasteiger partial charge in [-0.05, 0) is 74.8 Å². The molecule has 10 heteroatoms. The van der Waals surface area contributed by atoms with Crippen LogP contribution in [0.5, 0.6) is 0 Å². The van der Waals surface area contributed by atoms with Crippen LogP contribution >= 0.6 is 11.6 Å². The summed E-state index contributed by atoms with van der Waals surface area (Å²) in [5, 5.41) is 2.98. The maximum absolute atomic E-state index is 14.9. The van der Waals surface area contributed by atoms with Crippen molar-refractivity contribution in [2.75, 3.05) is 4.31 Å². The van der Waals surface area contributed by atoms with E-state index in [4.69, 9.17) is 17.3 Å². The molecule has 0 radical (unpaired) electrons. The molecule has 1 aromatic carbocycles. The second-order valence-corrected chi connectivity index (χ2v) is 11.6. The highest BCUT2D eigenvalue weighted by Gasteiger charge is 2.59. The van der Waals surface area contributed by atoms with Gasteiger partial charge in [-0.15, -0.1) is 0 Å². The quantitative estimate of drug-likeness (QED) is 0.588. The molecular weight excluding hydrogens is 469 g/mol. The van der Waals surface area contributed by atoms with Crippen molar-refractivity contribution >= 4 is 40.4 Å². The number of hydrogen-bond acceptors (Lipinski definition) is 4. The number of rotatable bonds is 6. The number of carbonyl (C=O) groups excluding carboxylic acids is 2. The van der Waals surface area contributed by atoms with Crippen LogP contribution in [0.2, 0.25) is 5.02 Å². The van der Waals surface area contributed by atoms with E-state index in [1.54, 1.807) is 0 Å². The molecule has 4 bridgehead atoms. The molecule has 5 saturated carbocycles. The molecule has 3 atom stereocenters. The number of hydrogen-bond donors (Lipinski definition) is 2. The smallest absolute Gasteiger partial charge is 0.247 e. The Morgan fingerprint density at radius 3 is 2.39 bits per heavy atom. The van der Waals surface area contributed by atoms with E-state index < -0.39 is 33.9 Å². The summed E-state index contributed by atoms with van der Waals surface area (Å²) in [4.78, 5) is 26.1. The van der Waals surface area contributed by atoms with Crippen molar-refractivity contribution in [2.24, 2.45) is 28.9 Å². The zero-order chi connectivity index (χ0) is 23.5. The Hall–Kier alpha value is -1.71. The minimum atomic E-state index is -2.88. The van der Waals surface area contributed by atoms with E-state index in [1.807, 2.05) is 0 Å². The number of primary amides is 1. The van der Waals surface area contributed by atoms with Crippen LogP contribution in [0.25, 0.3) is 0 Å². The van der Waals surface area contributed by atoms with E-state index >= 15 is 0 Å². The first kappa shape index (κ1) is 23.1. The van der Waals surface area contributed by atoms with Gasteiger partial charge in [-0.2, -0.15) is 0 Å². The third kappa shape index (κ3) is 3.58. The van der Waals surface area contributed by atoms with Gasteiger partial charge < -0.3 is 15.6 Å². The van der Waals surface area contributed by atoms with E-state index in [-0.39, 0.29) is 34.5 Å². The molecule has 0 aliphatic heterocycles. The first-order valence-electron chi connectivity index (χ1n) is 11.6. The van der Waals surface area contributed by atoms with Crippen molar-refractivity contribution in [3.63, 3.8) is 0 Å². The van der Waals surface area contributed by atoms with Crippen LogP contribution in [0.4, 0.5) is 10.1 Å². The highest BCUT2D eigenvalue weighted by Crippen LogP contribution is 2.60. The van der Waals surface area contributed by atoms with E-state index in [1.165, 1.54) is 18.2 Å². The number of amides is 2. The fourth-order valence-corrected chi connectivity index (χ4v) is 8.45. The Balaban J connectivity index is 1.45. The van der Waals surface area contributed by atoms with Crippen molar-refractivity contribution in [2.45, 2.75) is 69.4 Å². The third-order valence-electron chi connectivity index (χ3n) is 8.63. The zero-order valence-corrected chi connectivity index (χ0v) is 19.8. The molecule has 1 aromatic rings. The molecule has 5 fully saturated rings. The van der Waals surface area contributed by atoms with Crippen molar-refractivity contribution in [1.82, 2.24) is 5.32 Å². The minimum Gasteiger partial charge on any atom is -0.755 e. The molecular formula is C23H28ClFN3O4S-. The van der Waals surface area contributed by atoms with Gasteiger partial charge in [0, 0.05) is 22.7 Å². The third-order valence-corrected chi connectivity index (χ3v) is 9.77. The van der Waals surface area contributed by atoms with Gasteiger partial charge in [-0.1, -0.05) is 30.5 Å².